The van der Waals surface area contributed by atoms with Gasteiger partial charge < -0.3 is 9.84 Å². The number of carboxylic acids is 1. The number of aliphatic carboxylic acids is 1. The third-order valence-corrected chi connectivity index (χ3v) is 1.11. The van der Waals surface area contributed by atoms with Crippen molar-refractivity contribution in [3.05, 3.63) is 11.1 Å². The van der Waals surface area contributed by atoms with Crippen LogP contribution in [0.4, 0.5) is 0 Å². The summed E-state index contributed by atoms with van der Waals surface area (Å²) in [6, 6.07) is 0. The fraction of sp³-hybridized carbons (Fsp3) is 0.500. The summed E-state index contributed by atoms with van der Waals surface area (Å²) < 4.78 is 4.70. The fourth-order valence-corrected chi connectivity index (χ4v) is 0.394. The Hall–Kier alpha value is -0.540. The number of carboxylic acid groups (broad SMARTS) is 1. The third kappa shape index (κ3) is 5.59. The highest BCUT2D eigenvalue weighted by atomic mass is 35.5. The van der Waals surface area contributed by atoms with Crippen molar-refractivity contribution in [1.82, 2.24) is 0 Å². The predicted molar refractivity (Wildman–Crippen MR) is 38.1 cm³/mol. The second-order valence-electron chi connectivity index (χ2n) is 1.84. The van der Waals surface area contributed by atoms with E-state index in [9.17, 15) is 4.79 Å². The molecule has 0 aromatic carbocycles. The van der Waals surface area contributed by atoms with Crippen LogP contribution in [-0.2, 0) is 9.53 Å². The minimum absolute atomic E-state index is 0.274. The summed E-state index contributed by atoms with van der Waals surface area (Å²) >= 11 is 5.28. The van der Waals surface area contributed by atoms with Crippen LogP contribution in [0, 0.1) is 0 Å². The number of hydrogen-bond donors (Lipinski definition) is 1. The van der Waals surface area contributed by atoms with Crippen LogP contribution in [0.2, 0.25) is 0 Å². The van der Waals surface area contributed by atoms with Gasteiger partial charge in [-0.05, 0) is 12.5 Å². The van der Waals surface area contributed by atoms with Gasteiger partial charge in [0.05, 0.1) is 6.61 Å². The van der Waals surface area contributed by atoms with Gasteiger partial charge in [-0.1, -0.05) is 11.6 Å². The van der Waals surface area contributed by atoms with Gasteiger partial charge in [-0.2, -0.15) is 0 Å². The SMILES string of the molecule is CC(=CCl)COCC(=O)O. The lowest BCUT2D eigenvalue weighted by atomic mass is 10.4. The van der Waals surface area contributed by atoms with Crippen LogP contribution in [-0.4, -0.2) is 24.3 Å². The molecule has 0 rings (SSSR count). The van der Waals surface area contributed by atoms with Gasteiger partial charge in [-0.3, -0.25) is 0 Å². The maximum atomic E-state index is 9.89. The molecule has 0 atom stereocenters. The van der Waals surface area contributed by atoms with Crippen molar-refractivity contribution >= 4 is 17.6 Å². The van der Waals surface area contributed by atoms with E-state index in [4.69, 9.17) is 21.4 Å². The summed E-state index contributed by atoms with van der Waals surface area (Å²) in [5, 5.41) is 8.12. The zero-order valence-corrected chi connectivity index (χ0v) is 6.39. The predicted octanol–water partition coefficient (Wildman–Crippen LogP) is 1.23. The molecule has 0 amide bonds. The fourth-order valence-electron chi connectivity index (χ4n) is 0.331. The van der Waals surface area contributed by atoms with Crippen LogP contribution in [0.5, 0.6) is 0 Å². The summed E-state index contributed by atoms with van der Waals surface area (Å²) in [4.78, 5) is 9.89. The molecule has 1 N–H and O–H groups in total. The Bertz CT molecular complexity index is 142. The summed E-state index contributed by atoms with van der Waals surface area (Å²) in [6.07, 6.45) is 0. The van der Waals surface area contributed by atoms with Crippen molar-refractivity contribution in [3.8, 4) is 0 Å². The average Bonchev–Trinajstić information content (AvgIpc) is 1.87. The Kier molecular flexibility index (Phi) is 4.98. The molecular formula is C6H9ClO3. The molecule has 3 nitrogen and oxygen atoms in total. The highest BCUT2D eigenvalue weighted by molar-refractivity contribution is 6.25. The van der Waals surface area contributed by atoms with Gasteiger partial charge >= 0.3 is 5.97 Å². The van der Waals surface area contributed by atoms with E-state index in [-0.39, 0.29) is 13.2 Å². The first-order chi connectivity index (χ1) is 4.66. The average molecular weight is 165 g/mol. The number of hydrogen-bond acceptors (Lipinski definition) is 2. The first-order valence-electron chi connectivity index (χ1n) is 2.72. The molecule has 58 valence electrons. The molecular weight excluding hydrogens is 156 g/mol. The molecule has 0 aliphatic rings. The van der Waals surface area contributed by atoms with Crippen molar-refractivity contribution in [3.63, 3.8) is 0 Å². The van der Waals surface area contributed by atoms with Gasteiger partial charge in [0.25, 0.3) is 0 Å². The van der Waals surface area contributed by atoms with E-state index in [2.05, 4.69) is 0 Å². The van der Waals surface area contributed by atoms with Gasteiger partial charge in [-0.15, -0.1) is 0 Å². The van der Waals surface area contributed by atoms with Crippen LogP contribution < -0.4 is 0 Å². The Balaban J connectivity index is 3.29. The summed E-state index contributed by atoms with van der Waals surface area (Å²) in [5.74, 6) is -0.970. The molecule has 0 bridgehead atoms. The van der Waals surface area contributed by atoms with Crippen molar-refractivity contribution in [2.75, 3.05) is 13.2 Å². The molecule has 0 aliphatic heterocycles. The van der Waals surface area contributed by atoms with E-state index in [0.29, 0.717) is 0 Å². The molecule has 0 saturated heterocycles. The minimum atomic E-state index is -0.970. The molecule has 0 aromatic heterocycles. The molecule has 0 fully saturated rings. The molecule has 0 unspecified atom stereocenters. The lowest BCUT2D eigenvalue weighted by molar-refractivity contribution is -0.141. The molecule has 4 heteroatoms. The van der Waals surface area contributed by atoms with Crippen LogP contribution in [0.3, 0.4) is 0 Å². The molecule has 0 radical (unpaired) electrons. The van der Waals surface area contributed by atoms with E-state index in [1.165, 1.54) is 5.54 Å². The zero-order valence-electron chi connectivity index (χ0n) is 5.63. The lowest BCUT2D eigenvalue weighted by Gasteiger charge is -1.98. The van der Waals surface area contributed by atoms with Gasteiger partial charge in [0.1, 0.15) is 6.61 Å². The standard InChI is InChI=1S/C6H9ClO3/c1-5(2-7)3-10-4-6(8)9/h2H,3-4H2,1H3,(H,8,9). The van der Waals surface area contributed by atoms with Gasteiger partial charge in [-0.25, -0.2) is 4.79 Å². The lowest BCUT2D eigenvalue weighted by Crippen LogP contribution is -2.07. The van der Waals surface area contributed by atoms with E-state index in [0.717, 1.165) is 5.57 Å². The van der Waals surface area contributed by atoms with Gasteiger partial charge in [0.2, 0.25) is 0 Å². The smallest absolute Gasteiger partial charge is 0.329 e. The molecule has 0 saturated carbocycles. The van der Waals surface area contributed by atoms with Gasteiger partial charge in [0, 0.05) is 5.54 Å². The van der Waals surface area contributed by atoms with Crippen LogP contribution in [0.25, 0.3) is 0 Å². The van der Waals surface area contributed by atoms with E-state index < -0.39 is 5.97 Å². The molecule has 0 spiro atoms. The van der Waals surface area contributed by atoms with Crippen LogP contribution in [0.15, 0.2) is 11.1 Å². The van der Waals surface area contributed by atoms with E-state index in [1.807, 2.05) is 0 Å². The number of halogens is 1. The van der Waals surface area contributed by atoms with Crippen LogP contribution >= 0.6 is 11.6 Å². The third-order valence-electron chi connectivity index (χ3n) is 0.742. The Morgan fingerprint density at radius 3 is 2.70 bits per heavy atom. The van der Waals surface area contributed by atoms with Crippen molar-refractivity contribution in [2.45, 2.75) is 6.92 Å². The molecule has 10 heavy (non-hydrogen) atoms. The Morgan fingerprint density at radius 1 is 1.70 bits per heavy atom. The number of rotatable bonds is 4. The topological polar surface area (TPSA) is 46.5 Å². The quantitative estimate of drug-likeness (QED) is 0.680. The molecule has 0 aromatic rings. The highest BCUT2D eigenvalue weighted by Crippen LogP contribution is 1.94. The monoisotopic (exact) mass is 164 g/mol. The van der Waals surface area contributed by atoms with Crippen molar-refractivity contribution in [2.24, 2.45) is 0 Å². The maximum absolute atomic E-state index is 9.89. The first kappa shape index (κ1) is 9.46. The number of carbonyl (C=O) groups is 1. The second kappa shape index (κ2) is 5.26. The largest absolute Gasteiger partial charge is 0.480 e. The zero-order chi connectivity index (χ0) is 7.98. The molecule has 0 heterocycles. The van der Waals surface area contributed by atoms with Gasteiger partial charge in [0.15, 0.2) is 0 Å². The second-order valence-corrected chi connectivity index (χ2v) is 2.06. The maximum Gasteiger partial charge on any atom is 0.329 e. The minimum Gasteiger partial charge on any atom is -0.480 e. The number of ether oxygens (including phenoxy) is 1. The van der Waals surface area contributed by atoms with Crippen molar-refractivity contribution in [1.29, 1.82) is 0 Å². The van der Waals surface area contributed by atoms with E-state index in [1.54, 1.807) is 6.92 Å². The Morgan fingerprint density at radius 2 is 2.30 bits per heavy atom. The molecule has 0 aliphatic carbocycles. The summed E-state index contributed by atoms with van der Waals surface area (Å²) in [5.41, 5.74) is 2.17. The Labute approximate surface area is 64.2 Å². The normalized spacial score (nSPS) is 11.6. The van der Waals surface area contributed by atoms with E-state index >= 15 is 0 Å². The van der Waals surface area contributed by atoms with Crippen LogP contribution in [0.1, 0.15) is 6.92 Å². The highest BCUT2D eigenvalue weighted by Gasteiger charge is 1.95. The summed E-state index contributed by atoms with van der Waals surface area (Å²) in [7, 11) is 0. The summed E-state index contributed by atoms with van der Waals surface area (Å²) in [6.45, 7) is 1.76. The first-order valence-corrected chi connectivity index (χ1v) is 3.16. The van der Waals surface area contributed by atoms with Crippen molar-refractivity contribution < 1.29 is 14.6 Å².